The van der Waals surface area contributed by atoms with Crippen LogP contribution in [0.5, 0.6) is 0 Å². The lowest BCUT2D eigenvalue weighted by atomic mass is 10.0. The highest BCUT2D eigenvalue weighted by atomic mass is 16.2. The Labute approximate surface area is 122 Å². The van der Waals surface area contributed by atoms with Gasteiger partial charge in [0.15, 0.2) is 0 Å². The third-order valence-corrected chi connectivity index (χ3v) is 3.30. The van der Waals surface area contributed by atoms with Crippen molar-refractivity contribution in [1.29, 1.82) is 0 Å². The molecule has 0 atom stereocenters. The molecule has 0 aliphatic heterocycles. The van der Waals surface area contributed by atoms with E-state index in [1.54, 1.807) is 6.33 Å². The number of hydrogen-bond acceptors (Lipinski definition) is 5. The minimum absolute atomic E-state index is 0.277. The molecule has 0 spiro atoms. The molecule has 1 aromatic heterocycles. The maximum absolute atomic E-state index is 8.82. The summed E-state index contributed by atoms with van der Waals surface area (Å²) in [7, 11) is 2.07. The number of nitrogens with one attached hydrogen (secondary N) is 1. The van der Waals surface area contributed by atoms with E-state index < -0.39 is 0 Å². The molecule has 5 heteroatoms. The summed E-state index contributed by atoms with van der Waals surface area (Å²) in [6.45, 7) is 8.49. The van der Waals surface area contributed by atoms with Gasteiger partial charge in [-0.1, -0.05) is 13.8 Å². The number of aliphatic hydroxyl groups excluding tert-OH is 1. The highest BCUT2D eigenvalue weighted by Gasteiger charge is 2.17. The standard InChI is InChI=1S/C15H28N4O/c1-5-16-14-13(12(2)3)15(18-11-17-14)19(4)9-7-6-8-10-20/h11-12,20H,5-10H2,1-4H3,(H,16,17,18). The monoisotopic (exact) mass is 280 g/mol. The van der Waals surface area contributed by atoms with Crippen LogP contribution < -0.4 is 10.2 Å². The lowest BCUT2D eigenvalue weighted by Crippen LogP contribution is -2.23. The van der Waals surface area contributed by atoms with E-state index in [0.29, 0.717) is 5.92 Å². The second kappa shape index (κ2) is 8.74. The van der Waals surface area contributed by atoms with Gasteiger partial charge in [-0.2, -0.15) is 0 Å². The number of aromatic nitrogens is 2. The van der Waals surface area contributed by atoms with Crippen LogP contribution in [0.4, 0.5) is 11.6 Å². The van der Waals surface area contributed by atoms with Crippen LogP contribution in [0.1, 0.15) is 51.5 Å². The molecule has 0 amide bonds. The smallest absolute Gasteiger partial charge is 0.137 e. The summed E-state index contributed by atoms with van der Waals surface area (Å²) in [6.07, 6.45) is 4.61. The zero-order chi connectivity index (χ0) is 15.0. The van der Waals surface area contributed by atoms with Crippen molar-refractivity contribution in [3.05, 3.63) is 11.9 Å². The van der Waals surface area contributed by atoms with Gasteiger partial charge < -0.3 is 15.3 Å². The van der Waals surface area contributed by atoms with E-state index in [2.05, 4.69) is 48.0 Å². The zero-order valence-electron chi connectivity index (χ0n) is 13.2. The molecule has 0 aromatic carbocycles. The van der Waals surface area contributed by atoms with Gasteiger partial charge in [-0.05, 0) is 32.1 Å². The van der Waals surface area contributed by atoms with Crippen molar-refractivity contribution in [1.82, 2.24) is 9.97 Å². The Hall–Kier alpha value is -1.36. The molecular weight excluding hydrogens is 252 g/mol. The van der Waals surface area contributed by atoms with Gasteiger partial charge in [-0.3, -0.25) is 0 Å². The Morgan fingerprint density at radius 2 is 2.00 bits per heavy atom. The predicted octanol–water partition coefficient (Wildman–Crippen LogP) is 2.63. The molecule has 0 fully saturated rings. The average Bonchev–Trinajstić information content (AvgIpc) is 2.43. The lowest BCUT2D eigenvalue weighted by molar-refractivity contribution is 0.283. The summed E-state index contributed by atoms with van der Waals surface area (Å²) in [5.41, 5.74) is 1.18. The van der Waals surface area contributed by atoms with Crippen molar-refractivity contribution >= 4 is 11.6 Å². The molecule has 0 bridgehead atoms. The first-order valence-electron chi connectivity index (χ1n) is 7.52. The Bertz CT molecular complexity index is 395. The highest BCUT2D eigenvalue weighted by molar-refractivity contribution is 5.59. The second-order valence-electron chi connectivity index (χ2n) is 5.35. The first-order valence-corrected chi connectivity index (χ1v) is 7.52. The summed E-state index contributed by atoms with van der Waals surface area (Å²) < 4.78 is 0. The normalized spacial score (nSPS) is 10.9. The number of unbranched alkanes of at least 4 members (excludes halogenated alkanes) is 2. The maximum Gasteiger partial charge on any atom is 0.137 e. The molecule has 0 aliphatic carbocycles. The topological polar surface area (TPSA) is 61.3 Å². The van der Waals surface area contributed by atoms with Crippen LogP contribution in [-0.4, -0.2) is 41.8 Å². The van der Waals surface area contributed by atoms with Crippen molar-refractivity contribution in [2.45, 2.75) is 46.0 Å². The fourth-order valence-corrected chi connectivity index (χ4v) is 2.27. The summed E-state index contributed by atoms with van der Waals surface area (Å²) in [5, 5.41) is 12.1. The van der Waals surface area contributed by atoms with E-state index in [1.165, 1.54) is 5.56 Å². The van der Waals surface area contributed by atoms with E-state index >= 15 is 0 Å². The third-order valence-electron chi connectivity index (χ3n) is 3.30. The summed E-state index contributed by atoms with van der Waals surface area (Å²) in [5.74, 6) is 2.32. The van der Waals surface area contributed by atoms with Gasteiger partial charge in [0.2, 0.25) is 0 Å². The van der Waals surface area contributed by atoms with Crippen LogP contribution in [0.2, 0.25) is 0 Å². The molecule has 2 N–H and O–H groups in total. The molecule has 0 saturated heterocycles. The van der Waals surface area contributed by atoms with Crippen LogP contribution in [0.25, 0.3) is 0 Å². The number of aliphatic hydroxyl groups is 1. The SMILES string of the molecule is CCNc1ncnc(N(C)CCCCCO)c1C(C)C. The van der Waals surface area contributed by atoms with Gasteiger partial charge in [0, 0.05) is 32.3 Å². The first-order chi connectivity index (χ1) is 9.61. The number of anilines is 2. The van der Waals surface area contributed by atoms with Crippen LogP contribution in [-0.2, 0) is 0 Å². The Morgan fingerprint density at radius 1 is 1.25 bits per heavy atom. The molecule has 0 aliphatic rings. The number of rotatable bonds is 9. The van der Waals surface area contributed by atoms with Crippen LogP contribution in [0.15, 0.2) is 6.33 Å². The molecule has 0 radical (unpaired) electrons. The van der Waals surface area contributed by atoms with Crippen molar-refractivity contribution in [3.63, 3.8) is 0 Å². The molecule has 1 aromatic rings. The van der Waals surface area contributed by atoms with E-state index in [1.807, 2.05) is 0 Å². The van der Waals surface area contributed by atoms with Gasteiger partial charge in [-0.25, -0.2) is 9.97 Å². The predicted molar refractivity (Wildman–Crippen MR) is 84.5 cm³/mol. The Morgan fingerprint density at radius 3 is 2.60 bits per heavy atom. The maximum atomic E-state index is 8.82. The summed E-state index contributed by atoms with van der Waals surface area (Å²) in [4.78, 5) is 11.0. The number of nitrogens with zero attached hydrogens (tertiary/aromatic N) is 3. The molecule has 0 saturated carbocycles. The fourth-order valence-electron chi connectivity index (χ4n) is 2.27. The van der Waals surface area contributed by atoms with E-state index in [9.17, 15) is 0 Å². The first kappa shape index (κ1) is 16.7. The zero-order valence-corrected chi connectivity index (χ0v) is 13.2. The molecular formula is C15H28N4O. The van der Waals surface area contributed by atoms with Gasteiger partial charge in [0.05, 0.1) is 0 Å². The lowest BCUT2D eigenvalue weighted by Gasteiger charge is -2.24. The average molecular weight is 280 g/mol. The van der Waals surface area contributed by atoms with E-state index in [0.717, 1.165) is 44.0 Å². The van der Waals surface area contributed by atoms with Crippen LogP contribution in [0.3, 0.4) is 0 Å². The van der Waals surface area contributed by atoms with Crippen molar-refractivity contribution in [2.75, 3.05) is 37.0 Å². The third kappa shape index (κ3) is 4.63. The van der Waals surface area contributed by atoms with Crippen molar-refractivity contribution in [3.8, 4) is 0 Å². The van der Waals surface area contributed by atoms with Gasteiger partial charge in [0.25, 0.3) is 0 Å². The van der Waals surface area contributed by atoms with Gasteiger partial charge in [0.1, 0.15) is 18.0 Å². The van der Waals surface area contributed by atoms with Crippen LogP contribution >= 0.6 is 0 Å². The largest absolute Gasteiger partial charge is 0.396 e. The Balaban J connectivity index is 2.84. The minimum atomic E-state index is 0.277. The molecule has 0 unspecified atom stereocenters. The van der Waals surface area contributed by atoms with Crippen molar-refractivity contribution < 1.29 is 5.11 Å². The molecule has 114 valence electrons. The number of hydrogen-bond donors (Lipinski definition) is 2. The van der Waals surface area contributed by atoms with Crippen LogP contribution in [0, 0.1) is 0 Å². The van der Waals surface area contributed by atoms with Crippen molar-refractivity contribution in [2.24, 2.45) is 0 Å². The quantitative estimate of drug-likeness (QED) is 0.681. The minimum Gasteiger partial charge on any atom is -0.396 e. The highest BCUT2D eigenvalue weighted by Crippen LogP contribution is 2.30. The molecule has 20 heavy (non-hydrogen) atoms. The summed E-state index contributed by atoms with van der Waals surface area (Å²) in [6, 6.07) is 0. The van der Waals surface area contributed by atoms with E-state index in [-0.39, 0.29) is 6.61 Å². The van der Waals surface area contributed by atoms with Gasteiger partial charge in [-0.15, -0.1) is 0 Å². The van der Waals surface area contributed by atoms with E-state index in [4.69, 9.17) is 5.11 Å². The molecule has 1 heterocycles. The van der Waals surface area contributed by atoms with Gasteiger partial charge >= 0.3 is 0 Å². The second-order valence-corrected chi connectivity index (χ2v) is 5.35. The Kier molecular flexibility index (Phi) is 7.30. The fraction of sp³-hybridized carbons (Fsp3) is 0.733. The molecule has 1 rings (SSSR count). The summed E-state index contributed by atoms with van der Waals surface area (Å²) >= 11 is 0. The molecule has 5 nitrogen and oxygen atoms in total.